The van der Waals surface area contributed by atoms with Crippen LogP contribution in [0.3, 0.4) is 0 Å². The average Bonchev–Trinajstić information content (AvgIpc) is 3.62. The average molecular weight is 760 g/mol. The Morgan fingerprint density at radius 3 is 2.36 bits per heavy atom. The fourth-order valence-corrected chi connectivity index (χ4v) is 7.65. The van der Waals surface area contributed by atoms with Crippen LogP contribution in [0.1, 0.15) is 78.5 Å². The molecule has 0 radical (unpaired) electrons. The zero-order valence-corrected chi connectivity index (χ0v) is 31.4. The van der Waals surface area contributed by atoms with Gasteiger partial charge in [0, 0.05) is 92.6 Å². The fourth-order valence-electron chi connectivity index (χ4n) is 7.65. The minimum atomic E-state index is -0.986. The highest BCUT2D eigenvalue weighted by Gasteiger charge is 2.44. The van der Waals surface area contributed by atoms with Crippen molar-refractivity contribution in [3.8, 4) is 22.8 Å². The van der Waals surface area contributed by atoms with E-state index in [0.29, 0.717) is 38.1 Å². The summed E-state index contributed by atoms with van der Waals surface area (Å²) in [6, 6.07) is 16.3. The number of ether oxygens (including phenoxy) is 4. The van der Waals surface area contributed by atoms with Crippen LogP contribution in [0.4, 0.5) is 0 Å². The smallest absolute Gasteiger partial charge is 0.262 e. The number of hydrogen-bond donors (Lipinski definition) is 1. The van der Waals surface area contributed by atoms with Crippen LogP contribution in [-0.2, 0) is 26.1 Å². The van der Waals surface area contributed by atoms with Crippen LogP contribution >= 0.6 is 0 Å². The highest BCUT2D eigenvalue weighted by molar-refractivity contribution is 6.23. The van der Waals surface area contributed by atoms with E-state index in [2.05, 4.69) is 51.2 Å². The number of fused-ring (bicyclic) bond motifs is 4. The first kappa shape index (κ1) is 37.3. The van der Waals surface area contributed by atoms with E-state index in [1.165, 1.54) is 5.39 Å². The maximum atomic E-state index is 13.0. The van der Waals surface area contributed by atoms with Crippen LogP contribution in [0, 0.1) is 0 Å². The Kier molecular flexibility index (Phi) is 11.0. The third-order valence-electron chi connectivity index (χ3n) is 10.9. The van der Waals surface area contributed by atoms with Gasteiger partial charge in [-0.2, -0.15) is 0 Å². The van der Waals surface area contributed by atoms with Gasteiger partial charge in [0.1, 0.15) is 17.9 Å². The van der Waals surface area contributed by atoms with Gasteiger partial charge in [0.05, 0.1) is 29.4 Å². The van der Waals surface area contributed by atoms with Crippen molar-refractivity contribution >= 4 is 45.4 Å². The fraction of sp³-hybridized carbons (Fsp3) is 0.395. The van der Waals surface area contributed by atoms with Crippen LogP contribution in [-0.4, -0.2) is 87.7 Å². The third kappa shape index (κ3) is 7.87. The molecule has 1 unspecified atom stereocenters. The van der Waals surface area contributed by atoms with Gasteiger partial charge in [-0.05, 0) is 80.5 Å². The van der Waals surface area contributed by atoms with E-state index in [4.69, 9.17) is 18.9 Å². The quantitative estimate of drug-likeness (QED) is 0.0862. The van der Waals surface area contributed by atoms with Gasteiger partial charge >= 0.3 is 0 Å². The van der Waals surface area contributed by atoms with E-state index in [0.717, 1.165) is 77.4 Å². The van der Waals surface area contributed by atoms with Crippen molar-refractivity contribution in [3.05, 3.63) is 84.3 Å². The molecular weight excluding hydrogens is 714 g/mol. The normalized spacial score (nSPS) is 19.4. The van der Waals surface area contributed by atoms with Gasteiger partial charge in [0.2, 0.25) is 17.7 Å². The van der Waals surface area contributed by atoms with Gasteiger partial charge < -0.3 is 23.5 Å². The lowest BCUT2D eigenvalue weighted by Gasteiger charge is -2.34. The predicted octanol–water partition coefficient (Wildman–Crippen LogP) is 6.16. The van der Waals surface area contributed by atoms with Crippen molar-refractivity contribution in [3.63, 3.8) is 0 Å². The van der Waals surface area contributed by atoms with Crippen LogP contribution in [0.25, 0.3) is 32.9 Å². The molecule has 4 amide bonds. The number of carbonyl (C=O) groups is 4. The Balaban J connectivity index is 0.652. The summed E-state index contributed by atoms with van der Waals surface area (Å²) in [5.41, 5.74) is 4.93. The second-order valence-corrected chi connectivity index (χ2v) is 14.7. The van der Waals surface area contributed by atoms with E-state index in [-0.39, 0.29) is 36.2 Å². The first-order valence-corrected chi connectivity index (χ1v) is 19.5. The number of imide groups is 2. The van der Waals surface area contributed by atoms with Crippen LogP contribution in [0.5, 0.6) is 11.6 Å². The van der Waals surface area contributed by atoms with Crippen molar-refractivity contribution in [2.24, 2.45) is 7.05 Å². The maximum absolute atomic E-state index is 13.0. The SMILES string of the molecule is Cn1c2ccncc2c2ccc(-c3ccc(OC4CC(OCCCCOCCCCCOc5ccc6c(c5)C(=O)N(C5CCC(=O)NC5=O)C6=O)C4)nc3)cc21. The molecule has 2 aromatic carbocycles. The number of rotatable bonds is 17. The molecule has 1 N–H and O–H groups in total. The zero-order valence-electron chi connectivity index (χ0n) is 31.4. The van der Waals surface area contributed by atoms with Gasteiger partial charge in [0.15, 0.2) is 0 Å². The Bertz CT molecular complexity index is 2260. The summed E-state index contributed by atoms with van der Waals surface area (Å²) in [5.74, 6) is -0.977. The molecule has 13 heteroatoms. The maximum Gasteiger partial charge on any atom is 0.262 e. The van der Waals surface area contributed by atoms with Crippen LogP contribution < -0.4 is 14.8 Å². The van der Waals surface area contributed by atoms with Gasteiger partial charge in [-0.15, -0.1) is 0 Å². The Morgan fingerprint density at radius 1 is 0.750 bits per heavy atom. The molecule has 1 aliphatic carbocycles. The van der Waals surface area contributed by atoms with Gasteiger partial charge in [-0.25, -0.2) is 4.98 Å². The molecule has 2 fully saturated rings. The lowest BCUT2D eigenvalue weighted by Crippen LogP contribution is -2.54. The van der Waals surface area contributed by atoms with Crippen LogP contribution in [0.15, 0.2) is 73.2 Å². The number of pyridine rings is 2. The number of benzene rings is 2. The number of nitrogens with zero attached hydrogens (tertiary/aromatic N) is 4. The van der Waals surface area contributed by atoms with Crippen LogP contribution in [0.2, 0.25) is 0 Å². The number of aromatic nitrogens is 3. The molecule has 1 saturated carbocycles. The Labute approximate surface area is 324 Å². The minimum Gasteiger partial charge on any atom is -0.494 e. The standard InChI is InChI=1S/C43H45N5O8/c1-47-36-15-16-44-26-35(36)32-10-7-27(21-38(32)47)28-8-14-40(45-25-28)56-31-22-30(23-31)55-20-6-5-18-53-17-3-2-4-19-54-29-9-11-33-34(24-29)43(52)48(42(33)51)37-12-13-39(49)46-41(37)50/h7-11,14-16,21,24-26,30-31,37H,2-6,12-13,17-20,22-23H2,1H3,(H,46,49,50). The van der Waals surface area contributed by atoms with Gasteiger partial charge in [-0.3, -0.25) is 34.4 Å². The summed E-state index contributed by atoms with van der Waals surface area (Å²) in [6.07, 6.45) is 12.4. The molecule has 13 nitrogen and oxygen atoms in total. The van der Waals surface area contributed by atoms with Crippen molar-refractivity contribution in [2.75, 3.05) is 26.4 Å². The van der Waals surface area contributed by atoms with E-state index in [9.17, 15) is 19.2 Å². The molecular formula is C43H45N5O8. The number of unbranched alkanes of at least 4 members (excludes halogenated alkanes) is 3. The molecule has 3 aromatic heterocycles. The number of carbonyl (C=O) groups excluding carboxylic acids is 4. The number of piperidine rings is 1. The molecule has 2 aliphatic heterocycles. The lowest BCUT2D eigenvalue weighted by molar-refractivity contribution is -0.136. The van der Waals surface area contributed by atoms with Crippen molar-refractivity contribution in [1.29, 1.82) is 0 Å². The number of amides is 4. The second kappa shape index (κ2) is 16.6. The lowest BCUT2D eigenvalue weighted by atomic mass is 9.92. The largest absolute Gasteiger partial charge is 0.494 e. The van der Waals surface area contributed by atoms with E-state index < -0.39 is 29.7 Å². The topological polar surface area (TPSA) is 151 Å². The molecule has 0 spiro atoms. The Morgan fingerprint density at radius 2 is 1.54 bits per heavy atom. The molecule has 1 saturated heterocycles. The summed E-state index contributed by atoms with van der Waals surface area (Å²) in [4.78, 5) is 59.5. The number of aryl methyl sites for hydroxylation is 1. The first-order valence-electron chi connectivity index (χ1n) is 19.5. The molecule has 5 heterocycles. The molecule has 56 heavy (non-hydrogen) atoms. The second-order valence-electron chi connectivity index (χ2n) is 14.7. The number of nitrogens with one attached hydrogen (secondary N) is 1. The molecule has 0 bridgehead atoms. The monoisotopic (exact) mass is 759 g/mol. The van der Waals surface area contributed by atoms with Crippen molar-refractivity contribution in [2.45, 2.75) is 76.0 Å². The summed E-state index contributed by atoms with van der Waals surface area (Å²) < 4.78 is 26.0. The highest BCUT2D eigenvalue weighted by atomic mass is 16.5. The predicted molar refractivity (Wildman–Crippen MR) is 207 cm³/mol. The Hall–Kier alpha value is -5.66. The molecule has 1 atom stereocenters. The third-order valence-corrected chi connectivity index (χ3v) is 10.9. The summed E-state index contributed by atoms with van der Waals surface area (Å²) in [6.45, 7) is 2.55. The molecule has 3 aliphatic rings. The van der Waals surface area contributed by atoms with Gasteiger partial charge in [0.25, 0.3) is 11.8 Å². The highest BCUT2D eigenvalue weighted by Crippen LogP contribution is 2.33. The molecule has 290 valence electrons. The zero-order chi connectivity index (χ0) is 38.6. The number of hydrogen-bond acceptors (Lipinski definition) is 10. The summed E-state index contributed by atoms with van der Waals surface area (Å²) in [7, 11) is 2.08. The summed E-state index contributed by atoms with van der Waals surface area (Å²) in [5, 5.41) is 4.55. The van der Waals surface area contributed by atoms with Crippen molar-refractivity contribution < 1.29 is 38.1 Å². The first-order chi connectivity index (χ1) is 27.3. The van der Waals surface area contributed by atoms with E-state index in [1.54, 1.807) is 18.2 Å². The van der Waals surface area contributed by atoms with Gasteiger partial charge in [-0.1, -0.05) is 12.1 Å². The molecule has 8 rings (SSSR count). The van der Waals surface area contributed by atoms with E-state index >= 15 is 0 Å². The molecule has 5 aromatic rings. The summed E-state index contributed by atoms with van der Waals surface area (Å²) >= 11 is 0. The van der Waals surface area contributed by atoms with Crippen molar-refractivity contribution in [1.82, 2.24) is 24.8 Å². The minimum absolute atomic E-state index is 0.0819. The van der Waals surface area contributed by atoms with E-state index in [1.807, 2.05) is 30.7 Å².